The lowest BCUT2D eigenvalue weighted by Gasteiger charge is -2.17. The highest BCUT2D eigenvalue weighted by molar-refractivity contribution is 8.17. The van der Waals surface area contributed by atoms with E-state index in [1.54, 1.807) is 24.3 Å². The molecule has 8 nitrogen and oxygen atoms in total. The molecule has 3 N–H and O–H groups in total. The van der Waals surface area contributed by atoms with Crippen molar-refractivity contribution in [2.24, 2.45) is 4.99 Å². The Hall–Kier alpha value is -4.08. The molecule has 2 heterocycles. The number of aromatic carboxylic acids is 1. The number of amidine groups is 1. The minimum absolute atomic E-state index is 0.0162. The zero-order chi connectivity index (χ0) is 24.7. The number of aliphatic hydroxyl groups is 1. The molecule has 0 radical (unpaired) electrons. The molecule has 0 bridgehead atoms. The zero-order valence-electron chi connectivity index (χ0n) is 18.4. The van der Waals surface area contributed by atoms with E-state index in [-0.39, 0.29) is 29.1 Å². The predicted molar refractivity (Wildman–Crippen MR) is 136 cm³/mol. The molecule has 0 saturated carbocycles. The monoisotopic (exact) mass is 488 g/mol. The summed E-state index contributed by atoms with van der Waals surface area (Å²) in [5.41, 5.74) is 2.10. The summed E-state index contributed by atoms with van der Waals surface area (Å²) in [5, 5.41) is 30.6. The quantitative estimate of drug-likeness (QED) is 0.351. The van der Waals surface area contributed by atoms with Crippen LogP contribution in [0, 0.1) is 0 Å². The molecular formula is C26H20N2O6S. The van der Waals surface area contributed by atoms with Crippen LogP contribution in [0.25, 0.3) is 33.4 Å². The summed E-state index contributed by atoms with van der Waals surface area (Å²) in [6.45, 7) is 4.89. The van der Waals surface area contributed by atoms with Crippen molar-refractivity contribution in [3.63, 3.8) is 0 Å². The maximum Gasteiger partial charge on any atom is 0.336 e. The largest absolute Gasteiger partial charge is 0.508 e. The number of aliphatic imine (C=N–C) groups is 1. The van der Waals surface area contributed by atoms with E-state index in [0.717, 1.165) is 4.91 Å². The van der Waals surface area contributed by atoms with Crippen LogP contribution in [0.4, 0.5) is 5.69 Å². The summed E-state index contributed by atoms with van der Waals surface area (Å²) >= 11 is 1.39. The van der Waals surface area contributed by atoms with E-state index in [4.69, 9.17) is 4.42 Å². The third-order valence-electron chi connectivity index (χ3n) is 5.65. The fraction of sp³-hybridized carbons (Fsp3) is 0.115. The predicted octanol–water partition coefficient (Wildman–Crippen LogP) is 4.51. The summed E-state index contributed by atoms with van der Waals surface area (Å²) in [4.78, 5) is 31.7. The number of hydrogen-bond acceptors (Lipinski definition) is 7. The third-order valence-corrected chi connectivity index (χ3v) is 6.60. The average molecular weight is 489 g/mol. The Labute approximate surface area is 203 Å². The van der Waals surface area contributed by atoms with Crippen LogP contribution in [0.5, 0.6) is 5.75 Å². The topological polar surface area (TPSA) is 124 Å². The van der Waals surface area contributed by atoms with E-state index in [1.807, 2.05) is 4.90 Å². The lowest BCUT2D eigenvalue weighted by atomic mass is 9.90. The smallest absolute Gasteiger partial charge is 0.336 e. The molecule has 0 spiro atoms. The molecular weight excluding hydrogens is 468 g/mol. The Morgan fingerprint density at radius 1 is 1.11 bits per heavy atom. The molecule has 0 atom stereocenters. The van der Waals surface area contributed by atoms with Gasteiger partial charge in [-0.2, -0.15) is 0 Å². The van der Waals surface area contributed by atoms with Gasteiger partial charge in [-0.25, -0.2) is 9.79 Å². The number of carboxylic acids is 1. The van der Waals surface area contributed by atoms with Gasteiger partial charge in [-0.1, -0.05) is 24.4 Å². The molecule has 1 aliphatic carbocycles. The number of nitrogens with zero attached hydrogens (tertiary/aromatic N) is 2. The minimum Gasteiger partial charge on any atom is -0.508 e. The minimum atomic E-state index is -1.14. The van der Waals surface area contributed by atoms with Crippen LogP contribution >= 0.6 is 11.8 Å². The Bertz CT molecular complexity index is 1560. The molecule has 3 aliphatic rings. The van der Waals surface area contributed by atoms with Crippen LogP contribution in [0.2, 0.25) is 0 Å². The Balaban J connectivity index is 1.73. The highest BCUT2D eigenvalue weighted by atomic mass is 32.2. The first kappa shape index (κ1) is 22.7. The molecule has 0 amide bonds. The van der Waals surface area contributed by atoms with Gasteiger partial charge < -0.3 is 24.6 Å². The second-order valence-corrected chi connectivity index (χ2v) is 9.18. The molecule has 0 aromatic heterocycles. The van der Waals surface area contributed by atoms with E-state index in [0.29, 0.717) is 51.6 Å². The van der Waals surface area contributed by atoms with Gasteiger partial charge >= 0.3 is 5.97 Å². The molecule has 5 rings (SSSR count). The number of thioether (sulfide) groups is 1. The van der Waals surface area contributed by atoms with Gasteiger partial charge in [0.2, 0.25) is 0 Å². The molecule has 176 valence electrons. The number of hydrogen-bond donors (Lipinski definition) is 3. The maximum absolute atomic E-state index is 12.4. The maximum atomic E-state index is 12.4. The van der Waals surface area contributed by atoms with Crippen molar-refractivity contribution in [1.29, 1.82) is 0 Å². The number of aromatic hydroxyl groups is 1. The molecule has 2 aromatic carbocycles. The highest BCUT2D eigenvalue weighted by Gasteiger charge is 2.24. The molecule has 2 aliphatic heterocycles. The van der Waals surface area contributed by atoms with E-state index in [2.05, 4.69) is 11.6 Å². The Kier molecular flexibility index (Phi) is 5.80. The van der Waals surface area contributed by atoms with Gasteiger partial charge in [0.25, 0.3) is 0 Å². The summed E-state index contributed by atoms with van der Waals surface area (Å²) in [6.07, 6.45) is 0. The van der Waals surface area contributed by atoms with Crippen molar-refractivity contribution < 1.29 is 24.5 Å². The lowest BCUT2D eigenvalue weighted by molar-refractivity contribution is 0.0697. The van der Waals surface area contributed by atoms with Crippen molar-refractivity contribution in [3.05, 3.63) is 81.9 Å². The number of carbonyl (C=O) groups is 1. The van der Waals surface area contributed by atoms with Gasteiger partial charge in [-0.15, -0.1) is 0 Å². The van der Waals surface area contributed by atoms with Gasteiger partial charge in [-0.05, 0) is 42.0 Å². The van der Waals surface area contributed by atoms with Crippen molar-refractivity contribution >= 4 is 39.6 Å². The molecule has 1 fully saturated rings. The number of fused-ring (bicyclic) bond motifs is 2. The SMILES string of the molecule is C=C1CN(CCO)C(=Nc2ccc(-c3c4ccc(=O)cc-4oc4cc(O)ccc34)c(C(=O)O)c2)S1. The molecule has 9 heteroatoms. The van der Waals surface area contributed by atoms with E-state index in [9.17, 15) is 24.9 Å². The first-order chi connectivity index (χ1) is 16.8. The number of rotatable bonds is 5. The van der Waals surface area contributed by atoms with Crippen LogP contribution < -0.4 is 5.43 Å². The summed E-state index contributed by atoms with van der Waals surface area (Å²) in [6, 6.07) is 13.8. The van der Waals surface area contributed by atoms with E-state index >= 15 is 0 Å². The van der Waals surface area contributed by atoms with Gasteiger partial charge in [-0.3, -0.25) is 4.79 Å². The zero-order valence-corrected chi connectivity index (χ0v) is 19.2. The van der Waals surface area contributed by atoms with Gasteiger partial charge in [0.1, 0.15) is 17.1 Å². The van der Waals surface area contributed by atoms with Crippen molar-refractivity contribution in [3.8, 4) is 28.2 Å². The number of phenols is 1. The fourth-order valence-electron chi connectivity index (χ4n) is 4.15. The number of phenolic OH excluding ortho intramolecular Hbond substituents is 1. The third kappa shape index (κ3) is 4.27. The van der Waals surface area contributed by atoms with Gasteiger partial charge in [0, 0.05) is 40.1 Å². The summed E-state index contributed by atoms with van der Waals surface area (Å²) < 4.78 is 5.86. The standard InChI is InChI=1S/C26H20N2O6S/c1-14-13-28(8-9-29)26(35-14)27-15-2-5-18(21(10-15)25(32)33)24-19-6-3-16(30)11-22(19)34-23-12-17(31)4-7-20(23)24/h2-7,10-12,29-30H,1,8-9,13H2,(H,32,33). The molecule has 0 unspecified atom stereocenters. The number of aliphatic hydroxyl groups excluding tert-OH is 1. The van der Waals surface area contributed by atoms with Crippen molar-refractivity contribution in [2.75, 3.05) is 19.7 Å². The molecule has 1 saturated heterocycles. The van der Waals surface area contributed by atoms with Crippen LogP contribution in [0.15, 0.2) is 80.3 Å². The first-order valence-corrected chi connectivity index (χ1v) is 11.5. The number of carboxylic acid groups (broad SMARTS) is 1. The normalized spacial score (nSPS) is 14.9. The van der Waals surface area contributed by atoms with Crippen LogP contribution in [0.1, 0.15) is 10.4 Å². The second kappa shape index (κ2) is 8.94. The summed E-state index contributed by atoms with van der Waals surface area (Å²) in [7, 11) is 0. The number of benzene rings is 3. The fourth-order valence-corrected chi connectivity index (χ4v) is 5.07. The highest BCUT2D eigenvalue weighted by Crippen LogP contribution is 2.42. The van der Waals surface area contributed by atoms with Crippen molar-refractivity contribution in [1.82, 2.24) is 4.90 Å². The molecule has 2 aromatic rings. The number of β-amino-alcohol motifs (C(OH)–C–C–N with tert-alkyl or cyclic N) is 1. The van der Waals surface area contributed by atoms with Crippen LogP contribution in [0.3, 0.4) is 0 Å². The van der Waals surface area contributed by atoms with Crippen LogP contribution in [-0.4, -0.2) is 51.1 Å². The Morgan fingerprint density at radius 3 is 2.69 bits per heavy atom. The first-order valence-electron chi connectivity index (χ1n) is 10.7. The van der Waals surface area contributed by atoms with Crippen LogP contribution in [-0.2, 0) is 0 Å². The average Bonchev–Trinajstić information content (AvgIpc) is 3.16. The van der Waals surface area contributed by atoms with Gasteiger partial charge in [0.15, 0.2) is 10.6 Å². The molecule has 35 heavy (non-hydrogen) atoms. The Morgan fingerprint density at radius 2 is 1.91 bits per heavy atom. The van der Waals surface area contributed by atoms with E-state index < -0.39 is 5.97 Å². The lowest BCUT2D eigenvalue weighted by Crippen LogP contribution is -2.27. The van der Waals surface area contributed by atoms with E-state index in [1.165, 1.54) is 42.1 Å². The van der Waals surface area contributed by atoms with Gasteiger partial charge in [0.05, 0.1) is 24.4 Å². The van der Waals surface area contributed by atoms with Crippen molar-refractivity contribution in [2.45, 2.75) is 0 Å². The summed E-state index contributed by atoms with van der Waals surface area (Å²) in [5.74, 6) is -0.872. The second-order valence-electron chi connectivity index (χ2n) is 8.03.